The van der Waals surface area contributed by atoms with Crippen molar-refractivity contribution >= 4 is 17.2 Å². The first-order valence-corrected chi connectivity index (χ1v) is 9.17. The quantitative estimate of drug-likeness (QED) is 0.727. The van der Waals surface area contributed by atoms with Crippen LogP contribution in [0.25, 0.3) is 10.8 Å². The molecule has 3 aromatic rings. The fourth-order valence-corrected chi connectivity index (χ4v) is 3.61. The third kappa shape index (κ3) is 3.91. The Bertz CT molecular complexity index is 833. The third-order valence-electron chi connectivity index (χ3n) is 3.91. The molecule has 0 fully saturated rings. The van der Waals surface area contributed by atoms with Gasteiger partial charge in [-0.3, -0.25) is 4.79 Å². The van der Waals surface area contributed by atoms with Gasteiger partial charge in [0.1, 0.15) is 4.88 Å². The molecule has 25 heavy (non-hydrogen) atoms. The average Bonchev–Trinajstić information content (AvgIpc) is 3.12. The van der Waals surface area contributed by atoms with E-state index in [1.54, 1.807) is 18.5 Å². The zero-order valence-electron chi connectivity index (χ0n) is 14.3. The van der Waals surface area contributed by atoms with Gasteiger partial charge in [0.2, 0.25) is 0 Å². The number of aromatic nitrogens is 3. The van der Waals surface area contributed by atoms with Gasteiger partial charge in [-0.25, -0.2) is 15.0 Å². The van der Waals surface area contributed by atoms with Gasteiger partial charge in [-0.15, -0.1) is 11.3 Å². The molecule has 5 nitrogen and oxygen atoms in total. The Morgan fingerprint density at radius 1 is 1.12 bits per heavy atom. The molecule has 0 aliphatic heterocycles. The number of benzene rings is 1. The number of carbonyl (C=O) groups excluding carboxylic acids is 1. The Hall–Kier alpha value is -2.60. The second-order valence-corrected chi connectivity index (χ2v) is 6.56. The van der Waals surface area contributed by atoms with Crippen LogP contribution in [-0.2, 0) is 6.42 Å². The minimum absolute atomic E-state index is 0.0167. The molecule has 1 aromatic carbocycles. The van der Waals surface area contributed by atoms with Crippen LogP contribution >= 0.6 is 11.3 Å². The predicted molar refractivity (Wildman–Crippen MR) is 99.5 cm³/mol. The standard InChI is InChI=1S/C19H20N4OS/c1-3-14(13-9-6-5-7-10-13)22-18(24)16-15(4-2)23-19(25-16)17-20-11-8-12-21-17/h5-12,14H,3-4H2,1-2H3,(H,22,24)/t14-/m0/s1. The summed E-state index contributed by atoms with van der Waals surface area (Å²) >= 11 is 1.34. The van der Waals surface area contributed by atoms with Gasteiger partial charge in [0.25, 0.3) is 5.91 Å². The first kappa shape index (κ1) is 17.2. The Kier molecular flexibility index (Phi) is 5.50. The van der Waals surface area contributed by atoms with E-state index in [4.69, 9.17) is 0 Å². The van der Waals surface area contributed by atoms with Gasteiger partial charge in [0.05, 0.1) is 11.7 Å². The molecule has 0 aliphatic rings. The van der Waals surface area contributed by atoms with E-state index in [2.05, 4.69) is 27.2 Å². The number of rotatable bonds is 6. The number of hydrogen-bond donors (Lipinski definition) is 1. The fraction of sp³-hybridized carbons (Fsp3) is 0.263. The van der Waals surface area contributed by atoms with Crippen LogP contribution < -0.4 is 5.32 Å². The number of nitrogens with zero attached hydrogens (tertiary/aromatic N) is 3. The van der Waals surface area contributed by atoms with E-state index in [0.29, 0.717) is 22.1 Å². The lowest BCUT2D eigenvalue weighted by molar-refractivity contribution is 0.0938. The second-order valence-electron chi connectivity index (χ2n) is 5.57. The summed E-state index contributed by atoms with van der Waals surface area (Å²) in [5.74, 6) is 0.462. The maximum atomic E-state index is 12.8. The van der Waals surface area contributed by atoms with Crippen molar-refractivity contribution in [2.75, 3.05) is 0 Å². The smallest absolute Gasteiger partial charge is 0.263 e. The lowest BCUT2D eigenvalue weighted by atomic mass is 10.0. The highest BCUT2D eigenvalue weighted by Gasteiger charge is 2.21. The van der Waals surface area contributed by atoms with Crippen molar-refractivity contribution in [2.45, 2.75) is 32.7 Å². The van der Waals surface area contributed by atoms with Crippen LogP contribution in [0.4, 0.5) is 0 Å². The highest BCUT2D eigenvalue weighted by molar-refractivity contribution is 7.17. The molecule has 0 radical (unpaired) electrons. The van der Waals surface area contributed by atoms with E-state index in [0.717, 1.165) is 17.7 Å². The molecule has 2 heterocycles. The number of hydrogen-bond acceptors (Lipinski definition) is 5. The predicted octanol–water partition coefficient (Wildman–Crippen LogP) is 4.04. The zero-order chi connectivity index (χ0) is 17.6. The molecule has 6 heteroatoms. The molecule has 3 rings (SSSR count). The molecular formula is C19H20N4OS. The van der Waals surface area contributed by atoms with Crippen molar-refractivity contribution in [1.82, 2.24) is 20.3 Å². The molecule has 0 unspecified atom stereocenters. The summed E-state index contributed by atoms with van der Waals surface area (Å²) in [5.41, 5.74) is 1.89. The number of carbonyl (C=O) groups is 1. The fourth-order valence-electron chi connectivity index (χ4n) is 2.60. The van der Waals surface area contributed by atoms with Crippen LogP contribution in [0.2, 0.25) is 0 Å². The van der Waals surface area contributed by atoms with Crippen LogP contribution in [0.5, 0.6) is 0 Å². The number of thiazole rings is 1. The van der Waals surface area contributed by atoms with E-state index in [9.17, 15) is 4.79 Å². The van der Waals surface area contributed by atoms with Gasteiger partial charge in [-0.05, 0) is 24.5 Å². The first-order chi connectivity index (χ1) is 12.2. The molecule has 0 saturated carbocycles. The van der Waals surface area contributed by atoms with Crippen LogP contribution in [0, 0.1) is 0 Å². The van der Waals surface area contributed by atoms with Crippen molar-refractivity contribution in [1.29, 1.82) is 0 Å². The Morgan fingerprint density at radius 2 is 1.84 bits per heavy atom. The second kappa shape index (κ2) is 7.98. The molecule has 0 bridgehead atoms. The van der Waals surface area contributed by atoms with Crippen molar-refractivity contribution in [3.63, 3.8) is 0 Å². The Labute approximate surface area is 151 Å². The Morgan fingerprint density at radius 3 is 2.48 bits per heavy atom. The molecule has 0 aliphatic carbocycles. The number of nitrogens with one attached hydrogen (secondary N) is 1. The average molecular weight is 352 g/mol. The molecule has 1 amide bonds. The summed E-state index contributed by atoms with van der Waals surface area (Å²) in [6.45, 7) is 4.06. The lowest BCUT2D eigenvalue weighted by Gasteiger charge is -2.17. The molecule has 1 atom stereocenters. The maximum Gasteiger partial charge on any atom is 0.263 e. The summed E-state index contributed by atoms with van der Waals surface area (Å²) < 4.78 is 0. The van der Waals surface area contributed by atoms with Crippen LogP contribution in [-0.4, -0.2) is 20.9 Å². The van der Waals surface area contributed by atoms with Crippen LogP contribution in [0.1, 0.15) is 47.2 Å². The summed E-state index contributed by atoms with van der Waals surface area (Å²) in [6.07, 6.45) is 4.87. The van der Waals surface area contributed by atoms with Gasteiger partial charge in [0.15, 0.2) is 10.8 Å². The van der Waals surface area contributed by atoms with Gasteiger partial charge in [-0.2, -0.15) is 0 Å². The lowest BCUT2D eigenvalue weighted by Crippen LogP contribution is -2.28. The monoisotopic (exact) mass is 352 g/mol. The summed E-state index contributed by atoms with van der Waals surface area (Å²) in [5, 5.41) is 3.81. The van der Waals surface area contributed by atoms with E-state index in [1.807, 2.05) is 37.3 Å². The Balaban J connectivity index is 1.85. The van der Waals surface area contributed by atoms with Gasteiger partial charge >= 0.3 is 0 Å². The van der Waals surface area contributed by atoms with Crippen molar-refractivity contribution in [3.05, 3.63) is 64.9 Å². The summed E-state index contributed by atoms with van der Waals surface area (Å²) in [4.78, 5) is 26.5. The van der Waals surface area contributed by atoms with E-state index >= 15 is 0 Å². The van der Waals surface area contributed by atoms with Crippen LogP contribution in [0.3, 0.4) is 0 Å². The molecular weight excluding hydrogens is 332 g/mol. The third-order valence-corrected chi connectivity index (χ3v) is 5.00. The summed E-state index contributed by atoms with van der Waals surface area (Å²) in [6, 6.07) is 11.8. The van der Waals surface area contributed by atoms with Gasteiger partial charge in [-0.1, -0.05) is 44.2 Å². The minimum Gasteiger partial charge on any atom is -0.344 e. The summed E-state index contributed by atoms with van der Waals surface area (Å²) in [7, 11) is 0. The number of aryl methyl sites for hydroxylation is 1. The van der Waals surface area contributed by atoms with E-state index in [1.165, 1.54) is 11.3 Å². The van der Waals surface area contributed by atoms with Crippen molar-refractivity contribution in [2.24, 2.45) is 0 Å². The van der Waals surface area contributed by atoms with Gasteiger partial charge < -0.3 is 5.32 Å². The molecule has 128 valence electrons. The molecule has 1 N–H and O–H groups in total. The first-order valence-electron chi connectivity index (χ1n) is 8.35. The van der Waals surface area contributed by atoms with E-state index in [-0.39, 0.29) is 11.9 Å². The minimum atomic E-state index is -0.0905. The largest absolute Gasteiger partial charge is 0.344 e. The van der Waals surface area contributed by atoms with Crippen molar-refractivity contribution in [3.8, 4) is 10.8 Å². The van der Waals surface area contributed by atoms with E-state index < -0.39 is 0 Å². The normalized spacial score (nSPS) is 11.9. The maximum absolute atomic E-state index is 12.8. The molecule has 0 saturated heterocycles. The topological polar surface area (TPSA) is 67.8 Å². The number of amides is 1. The van der Waals surface area contributed by atoms with Crippen molar-refractivity contribution < 1.29 is 4.79 Å². The highest BCUT2D eigenvalue weighted by atomic mass is 32.1. The highest BCUT2D eigenvalue weighted by Crippen LogP contribution is 2.27. The molecule has 2 aromatic heterocycles. The van der Waals surface area contributed by atoms with Gasteiger partial charge in [0, 0.05) is 12.4 Å². The molecule has 0 spiro atoms. The van der Waals surface area contributed by atoms with Crippen LogP contribution in [0.15, 0.2) is 48.8 Å². The zero-order valence-corrected chi connectivity index (χ0v) is 15.1. The SMILES string of the molecule is CCc1nc(-c2ncccn2)sc1C(=O)N[C@@H](CC)c1ccccc1.